The first-order chi connectivity index (χ1) is 8.16. The minimum atomic E-state index is 0.288. The normalized spacial score (nSPS) is 11.1. The van der Waals surface area contributed by atoms with E-state index in [9.17, 15) is 0 Å². The van der Waals surface area contributed by atoms with Gasteiger partial charge in [-0.1, -0.05) is 26.0 Å². The van der Waals surface area contributed by atoms with Crippen LogP contribution >= 0.6 is 11.6 Å². The summed E-state index contributed by atoms with van der Waals surface area (Å²) in [6.07, 6.45) is 1.11. The van der Waals surface area contributed by atoms with Gasteiger partial charge in [0.25, 0.3) is 0 Å². The lowest BCUT2D eigenvalue weighted by atomic mass is 10.1. The average molecular weight is 250 g/mol. The van der Waals surface area contributed by atoms with Crippen molar-refractivity contribution in [3.8, 4) is 0 Å². The number of hydrogen-bond donors (Lipinski definition) is 1. The van der Waals surface area contributed by atoms with Crippen LogP contribution < -0.4 is 5.32 Å². The number of benzene rings is 1. The van der Waals surface area contributed by atoms with Gasteiger partial charge in [-0.25, -0.2) is 9.97 Å². The minimum absolute atomic E-state index is 0.288. The Kier molecular flexibility index (Phi) is 3.79. The molecular weight excluding hydrogens is 234 g/mol. The lowest BCUT2D eigenvalue weighted by molar-refractivity contribution is 0.607. The second-order valence-electron chi connectivity index (χ2n) is 4.47. The molecule has 0 saturated carbocycles. The minimum Gasteiger partial charge on any atom is -0.369 e. The molecule has 0 aliphatic rings. The van der Waals surface area contributed by atoms with Gasteiger partial charge in [0.1, 0.15) is 5.82 Å². The molecule has 0 aliphatic carbocycles. The van der Waals surface area contributed by atoms with Crippen LogP contribution in [0.2, 0.25) is 5.28 Å². The van der Waals surface area contributed by atoms with E-state index >= 15 is 0 Å². The number of para-hydroxylation sites is 1. The average Bonchev–Trinajstić information content (AvgIpc) is 2.28. The number of fused-ring (bicyclic) bond motifs is 1. The Morgan fingerprint density at radius 1 is 1.24 bits per heavy atom. The maximum Gasteiger partial charge on any atom is 0.224 e. The van der Waals surface area contributed by atoms with Gasteiger partial charge in [-0.3, -0.25) is 0 Å². The van der Waals surface area contributed by atoms with E-state index in [1.54, 1.807) is 0 Å². The van der Waals surface area contributed by atoms with E-state index in [4.69, 9.17) is 11.6 Å². The van der Waals surface area contributed by atoms with Crippen LogP contribution in [-0.4, -0.2) is 16.5 Å². The number of rotatable bonds is 4. The van der Waals surface area contributed by atoms with E-state index in [1.165, 1.54) is 0 Å². The Balaban J connectivity index is 2.26. The highest BCUT2D eigenvalue weighted by atomic mass is 35.5. The first-order valence-electron chi connectivity index (χ1n) is 5.83. The van der Waals surface area contributed by atoms with Crippen molar-refractivity contribution in [2.75, 3.05) is 11.9 Å². The van der Waals surface area contributed by atoms with Crippen LogP contribution in [0.15, 0.2) is 24.3 Å². The van der Waals surface area contributed by atoms with Gasteiger partial charge in [0, 0.05) is 11.9 Å². The van der Waals surface area contributed by atoms with Crippen molar-refractivity contribution in [3.63, 3.8) is 0 Å². The summed E-state index contributed by atoms with van der Waals surface area (Å²) in [4.78, 5) is 8.44. The van der Waals surface area contributed by atoms with Crippen LogP contribution in [-0.2, 0) is 0 Å². The van der Waals surface area contributed by atoms with Crippen LogP contribution in [0, 0.1) is 5.92 Å². The smallest absolute Gasteiger partial charge is 0.224 e. The van der Waals surface area contributed by atoms with Crippen molar-refractivity contribution in [2.45, 2.75) is 20.3 Å². The lowest BCUT2D eigenvalue weighted by Crippen LogP contribution is -2.07. The molecule has 1 heterocycles. The van der Waals surface area contributed by atoms with E-state index in [0.29, 0.717) is 5.92 Å². The number of nitrogens with one attached hydrogen (secondary N) is 1. The molecule has 0 radical (unpaired) electrons. The molecule has 4 heteroatoms. The fraction of sp³-hybridized carbons (Fsp3) is 0.385. The summed E-state index contributed by atoms with van der Waals surface area (Å²) >= 11 is 5.90. The highest BCUT2D eigenvalue weighted by molar-refractivity contribution is 6.28. The molecule has 0 saturated heterocycles. The molecule has 3 nitrogen and oxygen atoms in total. The van der Waals surface area contributed by atoms with Gasteiger partial charge in [-0.15, -0.1) is 0 Å². The Morgan fingerprint density at radius 2 is 2.00 bits per heavy atom. The van der Waals surface area contributed by atoms with Crippen molar-refractivity contribution >= 4 is 28.3 Å². The predicted octanol–water partition coefficient (Wildman–Crippen LogP) is 3.74. The van der Waals surface area contributed by atoms with Crippen molar-refractivity contribution in [1.29, 1.82) is 0 Å². The molecule has 1 N–H and O–H groups in total. The van der Waals surface area contributed by atoms with E-state index < -0.39 is 0 Å². The van der Waals surface area contributed by atoms with Gasteiger partial charge in [0.15, 0.2) is 0 Å². The Hall–Kier alpha value is -1.35. The van der Waals surface area contributed by atoms with Crippen LogP contribution in [0.4, 0.5) is 5.82 Å². The third-order valence-electron chi connectivity index (χ3n) is 2.59. The van der Waals surface area contributed by atoms with Gasteiger partial charge in [-0.05, 0) is 36.1 Å². The van der Waals surface area contributed by atoms with E-state index in [2.05, 4.69) is 29.1 Å². The van der Waals surface area contributed by atoms with E-state index in [1.807, 2.05) is 24.3 Å². The summed E-state index contributed by atoms with van der Waals surface area (Å²) < 4.78 is 0. The molecule has 1 aromatic heterocycles. The zero-order valence-corrected chi connectivity index (χ0v) is 10.8. The molecule has 0 bridgehead atoms. The maximum atomic E-state index is 5.90. The highest BCUT2D eigenvalue weighted by Crippen LogP contribution is 2.21. The highest BCUT2D eigenvalue weighted by Gasteiger charge is 2.05. The van der Waals surface area contributed by atoms with E-state index in [0.717, 1.165) is 29.7 Å². The summed E-state index contributed by atoms with van der Waals surface area (Å²) in [5.41, 5.74) is 0.875. The largest absolute Gasteiger partial charge is 0.369 e. The van der Waals surface area contributed by atoms with Crippen molar-refractivity contribution in [1.82, 2.24) is 9.97 Å². The maximum absolute atomic E-state index is 5.90. The molecular formula is C13H16ClN3. The standard InChI is InChI=1S/C13H16ClN3/c1-9(2)7-8-15-12-10-5-3-4-6-11(10)16-13(14)17-12/h3-6,9H,7-8H2,1-2H3,(H,15,16,17). The lowest BCUT2D eigenvalue weighted by Gasteiger charge is -2.10. The van der Waals surface area contributed by atoms with Crippen LogP contribution in [0.3, 0.4) is 0 Å². The predicted molar refractivity (Wildman–Crippen MR) is 72.5 cm³/mol. The third kappa shape index (κ3) is 3.07. The molecule has 2 aromatic rings. The topological polar surface area (TPSA) is 37.8 Å². The first kappa shape index (κ1) is 12.1. The van der Waals surface area contributed by atoms with Gasteiger partial charge < -0.3 is 5.32 Å². The molecule has 90 valence electrons. The van der Waals surface area contributed by atoms with Crippen molar-refractivity contribution in [2.24, 2.45) is 5.92 Å². The van der Waals surface area contributed by atoms with E-state index in [-0.39, 0.29) is 5.28 Å². The van der Waals surface area contributed by atoms with Gasteiger partial charge in [-0.2, -0.15) is 0 Å². The SMILES string of the molecule is CC(C)CCNc1nc(Cl)nc2ccccc12. The Labute approximate surface area is 106 Å². The summed E-state index contributed by atoms with van der Waals surface area (Å²) in [5, 5.41) is 4.63. The van der Waals surface area contributed by atoms with Crippen molar-refractivity contribution < 1.29 is 0 Å². The molecule has 0 amide bonds. The number of aromatic nitrogens is 2. The molecule has 0 spiro atoms. The zero-order chi connectivity index (χ0) is 12.3. The molecule has 17 heavy (non-hydrogen) atoms. The molecule has 0 fully saturated rings. The number of anilines is 1. The van der Waals surface area contributed by atoms with Crippen LogP contribution in [0.5, 0.6) is 0 Å². The quantitative estimate of drug-likeness (QED) is 0.839. The number of nitrogens with zero attached hydrogens (tertiary/aromatic N) is 2. The third-order valence-corrected chi connectivity index (χ3v) is 2.76. The summed E-state index contributed by atoms with van der Waals surface area (Å²) in [5.74, 6) is 1.49. The second-order valence-corrected chi connectivity index (χ2v) is 4.81. The van der Waals surface area contributed by atoms with Crippen molar-refractivity contribution in [3.05, 3.63) is 29.5 Å². The zero-order valence-electron chi connectivity index (χ0n) is 10.1. The fourth-order valence-corrected chi connectivity index (χ4v) is 1.84. The second kappa shape index (κ2) is 5.32. The first-order valence-corrected chi connectivity index (χ1v) is 6.21. The number of halogens is 1. The molecule has 1 aromatic carbocycles. The number of hydrogen-bond acceptors (Lipinski definition) is 3. The fourth-order valence-electron chi connectivity index (χ4n) is 1.66. The monoisotopic (exact) mass is 249 g/mol. The van der Waals surface area contributed by atoms with Crippen LogP contribution in [0.1, 0.15) is 20.3 Å². The molecule has 2 rings (SSSR count). The molecule has 0 atom stereocenters. The Bertz CT molecular complexity index is 511. The summed E-state index contributed by atoms with van der Waals surface area (Å²) in [7, 11) is 0. The van der Waals surface area contributed by atoms with Gasteiger partial charge >= 0.3 is 0 Å². The summed E-state index contributed by atoms with van der Waals surface area (Å²) in [6.45, 7) is 5.30. The van der Waals surface area contributed by atoms with Gasteiger partial charge in [0.2, 0.25) is 5.28 Å². The van der Waals surface area contributed by atoms with Crippen LogP contribution in [0.25, 0.3) is 10.9 Å². The summed E-state index contributed by atoms with van der Waals surface area (Å²) in [6, 6.07) is 7.87. The molecule has 0 aliphatic heterocycles. The Morgan fingerprint density at radius 3 is 2.76 bits per heavy atom. The molecule has 0 unspecified atom stereocenters. The van der Waals surface area contributed by atoms with Gasteiger partial charge in [0.05, 0.1) is 5.52 Å².